The van der Waals surface area contributed by atoms with E-state index in [9.17, 15) is 10.2 Å². The van der Waals surface area contributed by atoms with Crippen LogP contribution in [0, 0.1) is 0 Å². The summed E-state index contributed by atoms with van der Waals surface area (Å²) in [6, 6.07) is 9.42. The zero-order valence-corrected chi connectivity index (χ0v) is 9.48. The van der Waals surface area contributed by atoms with E-state index in [0.29, 0.717) is 12.8 Å². The predicted octanol–water partition coefficient (Wildman–Crippen LogP) is 2.45. The average molecular weight is 208 g/mol. The van der Waals surface area contributed by atoms with E-state index < -0.39 is 11.7 Å². The van der Waals surface area contributed by atoms with E-state index in [1.807, 2.05) is 44.2 Å². The maximum Gasteiger partial charge on any atom is 0.115 e. The molecule has 2 atom stereocenters. The van der Waals surface area contributed by atoms with Crippen molar-refractivity contribution in [3.63, 3.8) is 0 Å². The topological polar surface area (TPSA) is 40.5 Å². The Labute approximate surface area is 91.6 Å². The lowest BCUT2D eigenvalue weighted by molar-refractivity contribution is -0.0878. The summed E-state index contributed by atoms with van der Waals surface area (Å²) in [4.78, 5) is 0. The van der Waals surface area contributed by atoms with E-state index in [0.717, 1.165) is 12.0 Å². The van der Waals surface area contributed by atoms with Gasteiger partial charge in [0.1, 0.15) is 5.60 Å². The summed E-state index contributed by atoms with van der Waals surface area (Å²) in [6.07, 6.45) is 1.31. The number of aliphatic hydroxyl groups excluding tert-OH is 1. The Kier molecular flexibility index (Phi) is 4.30. The molecule has 2 unspecified atom stereocenters. The summed E-state index contributed by atoms with van der Waals surface area (Å²) in [6.45, 7) is 3.89. The highest BCUT2D eigenvalue weighted by Crippen LogP contribution is 2.31. The van der Waals surface area contributed by atoms with Crippen LogP contribution in [-0.4, -0.2) is 16.3 Å². The highest BCUT2D eigenvalue weighted by molar-refractivity contribution is 5.23. The fourth-order valence-electron chi connectivity index (χ4n) is 1.95. The van der Waals surface area contributed by atoms with Crippen molar-refractivity contribution < 1.29 is 10.2 Å². The molecule has 2 N–H and O–H groups in total. The molecule has 0 radical (unpaired) electrons. The standard InChI is InChI=1S/C13H20O2/c1-3-10-13(15,12(14)4-2)11-8-6-5-7-9-11/h5-9,12,14-15H,3-4,10H2,1-2H3. The molecule has 0 fully saturated rings. The largest absolute Gasteiger partial charge is 0.390 e. The Morgan fingerprint density at radius 3 is 2.27 bits per heavy atom. The Morgan fingerprint density at radius 2 is 1.80 bits per heavy atom. The number of rotatable bonds is 5. The molecule has 0 saturated carbocycles. The zero-order valence-electron chi connectivity index (χ0n) is 9.48. The lowest BCUT2D eigenvalue weighted by Crippen LogP contribution is -2.39. The number of hydrogen-bond donors (Lipinski definition) is 2. The normalized spacial score (nSPS) is 17.1. The molecule has 0 aliphatic heterocycles. The van der Waals surface area contributed by atoms with Gasteiger partial charge in [-0.2, -0.15) is 0 Å². The van der Waals surface area contributed by atoms with Crippen molar-refractivity contribution in [3.8, 4) is 0 Å². The molecule has 0 saturated heterocycles. The molecule has 0 spiro atoms. The molecule has 2 nitrogen and oxygen atoms in total. The lowest BCUT2D eigenvalue weighted by atomic mass is 9.83. The van der Waals surface area contributed by atoms with E-state index in [1.165, 1.54) is 0 Å². The van der Waals surface area contributed by atoms with Gasteiger partial charge in [-0.25, -0.2) is 0 Å². The second-order valence-corrected chi connectivity index (χ2v) is 3.96. The lowest BCUT2D eigenvalue weighted by Gasteiger charge is -2.33. The first-order valence-electron chi connectivity index (χ1n) is 5.61. The van der Waals surface area contributed by atoms with E-state index >= 15 is 0 Å². The SMILES string of the molecule is CCCC(O)(c1ccccc1)C(O)CC. The van der Waals surface area contributed by atoms with Crippen LogP contribution in [0.3, 0.4) is 0 Å². The molecule has 0 aromatic heterocycles. The highest BCUT2D eigenvalue weighted by atomic mass is 16.3. The molecule has 1 aromatic carbocycles. The van der Waals surface area contributed by atoms with Gasteiger partial charge < -0.3 is 10.2 Å². The Morgan fingerprint density at radius 1 is 1.20 bits per heavy atom. The van der Waals surface area contributed by atoms with E-state index in [1.54, 1.807) is 0 Å². The van der Waals surface area contributed by atoms with Gasteiger partial charge in [-0.3, -0.25) is 0 Å². The van der Waals surface area contributed by atoms with Gasteiger partial charge in [0.15, 0.2) is 0 Å². The first-order valence-corrected chi connectivity index (χ1v) is 5.61. The van der Waals surface area contributed by atoms with Crippen molar-refractivity contribution in [3.05, 3.63) is 35.9 Å². The first kappa shape index (κ1) is 12.2. The fourth-order valence-corrected chi connectivity index (χ4v) is 1.95. The maximum atomic E-state index is 10.5. The van der Waals surface area contributed by atoms with E-state index in [4.69, 9.17) is 0 Å². The molecule has 1 rings (SSSR count). The Bertz CT molecular complexity index is 284. The average Bonchev–Trinajstić information content (AvgIpc) is 2.29. The zero-order chi connectivity index (χ0) is 11.3. The minimum absolute atomic E-state index is 0.561. The smallest absolute Gasteiger partial charge is 0.115 e. The van der Waals surface area contributed by atoms with Crippen molar-refractivity contribution in [2.45, 2.75) is 44.8 Å². The van der Waals surface area contributed by atoms with E-state index in [2.05, 4.69) is 0 Å². The van der Waals surface area contributed by atoms with Gasteiger partial charge >= 0.3 is 0 Å². The summed E-state index contributed by atoms with van der Waals surface area (Å²) in [7, 11) is 0. The summed E-state index contributed by atoms with van der Waals surface area (Å²) in [5, 5.41) is 20.4. The molecule has 0 bridgehead atoms. The molecular formula is C13H20O2. The summed E-state index contributed by atoms with van der Waals surface area (Å²) < 4.78 is 0. The quantitative estimate of drug-likeness (QED) is 0.780. The van der Waals surface area contributed by atoms with Crippen molar-refractivity contribution >= 4 is 0 Å². The van der Waals surface area contributed by atoms with Crippen LogP contribution in [-0.2, 0) is 5.60 Å². The van der Waals surface area contributed by atoms with Crippen molar-refractivity contribution in [1.82, 2.24) is 0 Å². The minimum atomic E-state index is -1.09. The Hall–Kier alpha value is -0.860. The number of benzene rings is 1. The number of aliphatic hydroxyl groups is 2. The van der Waals surface area contributed by atoms with Gasteiger partial charge in [0.25, 0.3) is 0 Å². The second-order valence-electron chi connectivity index (χ2n) is 3.96. The first-order chi connectivity index (χ1) is 7.15. The molecule has 15 heavy (non-hydrogen) atoms. The molecule has 84 valence electrons. The third kappa shape index (κ3) is 2.58. The summed E-state index contributed by atoms with van der Waals surface area (Å²) in [5.41, 5.74) is -0.286. The van der Waals surface area contributed by atoms with Crippen molar-refractivity contribution in [1.29, 1.82) is 0 Å². The molecule has 0 aliphatic carbocycles. The molecule has 2 heteroatoms. The van der Waals surface area contributed by atoms with Crippen LogP contribution >= 0.6 is 0 Å². The Balaban J connectivity index is 3.01. The monoisotopic (exact) mass is 208 g/mol. The molecule has 0 amide bonds. The molecular weight excluding hydrogens is 188 g/mol. The number of hydrogen-bond acceptors (Lipinski definition) is 2. The molecule has 0 aliphatic rings. The van der Waals surface area contributed by atoms with Crippen LogP contribution in [0.15, 0.2) is 30.3 Å². The third-order valence-electron chi connectivity index (χ3n) is 2.84. The second kappa shape index (κ2) is 5.29. The fraction of sp³-hybridized carbons (Fsp3) is 0.538. The molecule has 0 heterocycles. The van der Waals surface area contributed by atoms with Gasteiger partial charge in [0, 0.05) is 0 Å². The minimum Gasteiger partial charge on any atom is -0.390 e. The van der Waals surface area contributed by atoms with Crippen LogP contribution < -0.4 is 0 Å². The summed E-state index contributed by atoms with van der Waals surface area (Å²) in [5.74, 6) is 0. The van der Waals surface area contributed by atoms with Crippen LogP contribution in [0.5, 0.6) is 0 Å². The van der Waals surface area contributed by atoms with E-state index in [-0.39, 0.29) is 0 Å². The predicted molar refractivity (Wildman–Crippen MR) is 61.5 cm³/mol. The summed E-state index contributed by atoms with van der Waals surface area (Å²) >= 11 is 0. The van der Waals surface area contributed by atoms with Crippen molar-refractivity contribution in [2.75, 3.05) is 0 Å². The van der Waals surface area contributed by atoms with Gasteiger partial charge in [0.05, 0.1) is 6.10 Å². The van der Waals surface area contributed by atoms with Crippen molar-refractivity contribution in [2.24, 2.45) is 0 Å². The highest BCUT2D eigenvalue weighted by Gasteiger charge is 2.35. The van der Waals surface area contributed by atoms with Crippen LogP contribution in [0.4, 0.5) is 0 Å². The maximum absolute atomic E-state index is 10.5. The van der Waals surface area contributed by atoms with Crippen LogP contribution in [0.25, 0.3) is 0 Å². The third-order valence-corrected chi connectivity index (χ3v) is 2.84. The van der Waals surface area contributed by atoms with Crippen LogP contribution in [0.2, 0.25) is 0 Å². The van der Waals surface area contributed by atoms with Crippen LogP contribution in [0.1, 0.15) is 38.7 Å². The van der Waals surface area contributed by atoms with Gasteiger partial charge in [-0.15, -0.1) is 0 Å². The van der Waals surface area contributed by atoms with Gasteiger partial charge in [-0.1, -0.05) is 50.6 Å². The molecule has 1 aromatic rings. The van der Waals surface area contributed by atoms with Gasteiger partial charge in [-0.05, 0) is 18.4 Å². The van der Waals surface area contributed by atoms with Gasteiger partial charge in [0.2, 0.25) is 0 Å².